The molecule has 0 radical (unpaired) electrons. The Bertz CT molecular complexity index is 698. The summed E-state index contributed by atoms with van der Waals surface area (Å²) in [5.41, 5.74) is 3.90. The molecule has 0 bridgehead atoms. The minimum absolute atomic E-state index is 0.294. The SMILES string of the molecule is C[C@@]1(C#N)CCCN[SH]1(=O)C[C@@](N)(CF)c1nc(Br)ccc1F. The fourth-order valence-electron chi connectivity index (χ4n) is 2.76. The molecule has 0 amide bonds. The minimum atomic E-state index is -3.37. The van der Waals surface area contributed by atoms with Crippen LogP contribution in [-0.2, 0) is 15.7 Å². The maximum absolute atomic E-state index is 14.1. The van der Waals surface area contributed by atoms with E-state index in [2.05, 4.69) is 31.7 Å². The van der Waals surface area contributed by atoms with E-state index in [1.54, 1.807) is 6.92 Å². The number of aromatic nitrogens is 1. The van der Waals surface area contributed by atoms with Crippen LogP contribution >= 0.6 is 15.9 Å². The van der Waals surface area contributed by atoms with Gasteiger partial charge in [-0.1, -0.05) is 0 Å². The molecule has 1 aromatic rings. The topological polar surface area (TPSA) is 91.8 Å². The van der Waals surface area contributed by atoms with Gasteiger partial charge in [-0.2, -0.15) is 5.26 Å². The zero-order chi connectivity index (χ0) is 17.3. The minimum Gasteiger partial charge on any atom is -0.317 e. The van der Waals surface area contributed by atoms with Crippen LogP contribution in [0.3, 0.4) is 0 Å². The Morgan fingerprint density at radius 2 is 2.35 bits per heavy atom. The number of thiol groups is 1. The molecule has 0 unspecified atom stereocenters. The fourth-order valence-corrected chi connectivity index (χ4v) is 6.11. The molecule has 0 saturated carbocycles. The van der Waals surface area contributed by atoms with E-state index in [0.29, 0.717) is 24.0 Å². The van der Waals surface area contributed by atoms with Crippen LogP contribution in [0.1, 0.15) is 25.5 Å². The smallest absolute Gasteiger partial charge is 0.146 e. The van der Waals surface area contributed by atoms with E-state index >= 15 is 0 Å². The Morgan fingerprint density at radius 1 is 1.65 bits per heavy atom. The van der Waals surface area contributed by atoms with E-state index < -0.39 is 32.9 Å². The van der Waals surface area contributed by atoms with Crippen LogP contribution in [0.4, 0.5) is 8.78 Å². The van der Waals surface area contributed by atoms with Gasteiger partial charge in [-0.25, -0.2) is 13.8 Å². The highest BCUT2D eigenvalue weighted by Crippen LogP contribution is 2.36. The van der Waals surface area contributed by atoms with Crippen molar-refractivity contribution in [2.45, 2.75) is 30.1 Å². The number of hydrogen-bond acceptors (Lipinski definition) is 4. The number of hydrogen-bond donors (Lipinski definition) is 3. The van der Waals surface area contributed by atoms with Crippen LogP contribution in [0.25, 0.3) is 0 Å². The summed E-state index contributed by atoms with van der Waals surface area (Å²) in [6.07, 6.45) is 1.11. The van der Waals surface area contributed by atoms with Crippen molar-refractivity contribution in [3.8, 4) is 6.07 Å². The molecule has 2 atom stereocenters. The number of rotatable bonds is 4. The molecular weight excluding hydrogens is 390 g/mol. The first kappa shape index (κ1) is 18.4. The summed E-state index contributed by atoms with van der Waals surface area (Å²) in [6, 6.07) is 4.56. The van der Waals surface area contributed by atoms with E-state index in [9.17, 15) is 18.3 Å². The van der Waals surface area contributed by atoms with Crippen LogP contribution in [-0.4, -0.2) is 32.9 Å². The van der Waals surface area contributed by atoms with E-state index in [-0.39, 0.29) is 11.4 Å². The molecule has 0 aromatic carbocycles. The number of alkyl halides is 1. The maximum atomic E-state index is 14.1. The van der Waals surface area contributed by atoms with E-state index in [4.69, 9.17) is 5.73 Å². The third-order valence-corrected chi connectivity index (χ3v) is 8.38. The largest absolute Gasteiger partial charge is 0.317 e. The first-order chi connectivity index (χ1) is 10.7. The second-order valence-electron chi connectivity index (χ2n) is 6.05. The predicted octanol–water partition coefficient (Wildman–Crippen LogP) is 1.70. The zero-order valence-electron chi connectivity index (χ0n) is 12.7. The van der Waals surface area contributed by atoms with Gasteiger partial charge in [-0.05, 0) is 57.9 Å². The molecule has 5 nitrogen and oxygen atoms in total. The highest BCUT2D eigenvalue weighted by atomic mass is 79.9. The lowest BCUT2D eigenvalue weighted by atomic mass is 10.00. The first-order valence-corrected chi connectivity index (χ1v) is 9.81. The van der Waals surface area contributed by atoms with Gasteiger partial charge < -0.3 is 5.73 Å². The summed E-state index contributed by atoms with van der Waals surface area (Å²) in [6.45, 7) is 0.884. The summed E-state index contributed by atoms with van der Waals surface area (Å²) >= 11 is 3.10. The van der Waals surface area contributed by atoms with Gasteiger partial charge in [0.15, 0.2) is 0 Å². The monoisotopic (exact) mass is 408 g/mol. The first-order valence-electron chi connectivity index (χ1n) is 7.13. The lowest BCUT2D eigenvalue weighted by Gasteiger charge is -2.45. The molecule has 1 saturated heterocycles. The molecule has 2 rings (SSSR count). The number of pyridine rings is 1. The lowest BCUT2D eigenvalue weighted by molar-refractivity contribution is 0.318. The Balaban J connectivity index is 2.47. The summed E-state index contributed by atoms with van der Waals surface area (Å²) in [5.74, 6) is -1.14. The van der Waals surface area contributed by atoms with Crippen LogP contribution in [0.15, 0.2) is 16.7 Å². The van der Waals surface area contributed by atoms with Crippen molar-refractivity contribution in [2.75, 3.05) is 19.0 Å². The second kappa shape index (κ2) is 6.51. The molecule has 128 valence electrons. The highest BCUT2D eigenvalue weighted by molar-refractivity contribution is 9.10. The van der Waals surface area contributed by atoms with E-state index in [1.807, 2.05) is 0 Å². The average molecular weight is 409 g/mol. The van der Waals surface area contributed by atoms with E-state index in [1.165, 1.54) is 6.07 Å². The van der Waals surface area contributed by atoms with Gasteiger partial charge in [0.05, 0.1) is 6.07 Å². The Kier molecular flexibility index (Phi) is 5.21. The van der Waals surface area contributed by atoms with Crippen molar-refractivity contribution in [3.05, 3.63) is 28.2 Å². The third kappa shape index (κ3) is 3.31. The molecule has 0 aliphatic carbocycles. The Labute approximate surface area is 143 Å². The summed E-state index contributed by atoms with van der Waals surface area (Å²) < 4.78 is 43.2. The summed E-state index contributed by atoms with van der Waals surface area (Å²) in [7, 11) is -3.37. The van der Waals surface area contributed by atoms with Crippen molar-refractivity contribution in [3.63, 3.8) is 0 Å². The predicted molar refractivity (Wildman–Crippen MR) is 89.4 cm³/mol. The summed E-state index contributed by atoms with van der Waals surface area (Å²) in [4.78, 5) is 3.93. The number of nitrogens with zero attached hydrogens (tertiary/aromatic N) is 2. The normalized spacial score (nSPS) is 27.7. The van der Waals surface area contributed by atoms with Crippen LogP contribution in [0, 0.1) is 17.1 Å². The van der Waals surface area contributed by atoms with Crippen molar-refractivity contribution in [1.82, 2.24) is 9.71 Å². The van der Waals surface area contributed by atoms with Crippen LogP contribution in [0.5, 0.6) is 0 Å². The van der Waals surface area contributed by atoms with Crippen molar-refractivity contribution in [1.29, 1.82) is 5.26 Å². The Hall–Kier alpha value is -0.950. The molecule has 1 aliphatic rings. The third-order valence-electron chi connectivity index (χ3n) is 4.27. The second-order valence-corrected chi connectivity index (χ2v) is 9.96. The average Bonchev–Trinajstić information content (AvgIpc) is 2.52. The van der Waals surface area contributed by atoms with Gasteiger partial charge >= 0.3 is 0 Å². The van der Waals surface area contributed by atoms with Gasteiger partial charge in [0.2, 0.25) is 0 Å². The molecule has 1 aromatic heterocycles. The van der Waals surface area contributed by atoms with Gasteiger partial charge in [0.25, 0.3) is 0 Å². The van der Waals surface area contributed by atoms with Crippen molar-refractivity contribution >= 4 is 26.0 Å². The number of nitriles is 1. The molecule has 1 aliphatic heterocycles. The van der Waals surface area contributed by atoms with Crippen molar-refractivity contribution in [2.24, 2.45) is 5.73 Å². The van der Waals surface area contributed by atoms with Gasteiger partial charge in [0, 0.05) is 12.3 Å². The fraction of sp³-hybridized carbons (Fsp3) is 0.571. The van der Waals surface area contributed by atoms with Gasteiger partial charge in [0.1, 0.15) is 33.1 Å². The number of halogens is 3. The maximum Gasteiger partial charge on any atom is 0.146 e. The molecular formula is C14H19BrF2N4OS. The molecule has 1 fully saturated rings. The molecule has 0 spiro atoms. The van der Waals surface area contributed by atoms with Crippen LogP contribution < -0.4 is 10.5 Å². The quantitative estimate of drug-likeness (QED) is 0.522. The molecule has 2 heterocycles. The van der Waals surface area contributed by atoms with Crippen molar-refractivity contribution < 1.29 is 13.0 Å². The van der Waals surface area contributed by atoms with Crippen LogP contribution in [0.2, 0.25) is 0 Å². The highest BCUT2D eigenvalue weighted by Gasteiger charge is 2.47. The molecule has 9 heteroatoms. The lowest BCUT2D eigenvalue weighted by Crippen LogP contribution is -2.61. The standard InChI is InChI=1S/C14H19BrF2N4OS/c1-13(8-18)5-2-6-20-23(13,22)9-14(19,7-16)12-10(17)3-4-11(15)21-12/h3-4,23H,2,5-7,9,19H2,1H3,(H,20,22)/t13-,14-/m0/s1. The molecule has 3 N–H and O–H groups in total. The number of nitrogens with two attached hydrogens (primary N) is 1. The molecule has 23 heavy (non-hydrogen) atoms. The van der Waals surface area contributed by atoms with Gasteiger partial charge in [-0.3, -0.25) is 8.93 Å². The van der Waals surface area contributed by atoms with E-state index in [0.717, 1.165) is 6.07 Å². The zero-order valence-corrected chi connectivity index (χ0v) is 15.1. The summed E-state index contributed by atoms with van der Waals surface area (Å²) in [5, 5.41) is 9.43. The number of nitrogens with one attached hydrogen (secondary N) is 1. The van der Waals surface area contributed by atoms with Gasteiger partial charge in [-0.15, -0.1) is 0 Å². The Morgan fingerprint density at radius 3 is 2.96 bits per heavy atom.